The number of allylic oxidation sites excluding steroid dienone is 4. The van der Waals surface area contributed by atoms with Gasteiger partial charge in [-0.1, -0.05) is 56.9 Å². The molecule has 1 aliphatic heterocycles. The lowest BCUT2D eigenvalue weighted by Gasteiger charge is -1.97. The highest BCUT2D eigenvalue weighted by Crippen LogP contribution is 2.46. The maximum absolute atomic E-state index is 10.4. The summed E-state index contributed by atoms with van der Waals surface area (Å²) >= 11 is 2.12. The Kier molecular flexibility index (Phi) is 12.1. The van der Waals surface area contributed by atoms with E-state index < -0.39 is 5.97 Å². The van der Waals surface area contributed by atoms with Crippen LogP contribution in [0.2, 0.25) is 0 Å². The van der Waals surface area contributed by atoms with Crippen molar-refractivity contribution in [3.63, 3.8) is 0 Å². The lowest BCUT2D eigenvalue weighted by atomic mass is 10.1. The Morgan fingerprint density at radius 1 is 0.870 bits per heavy atom. The molecule has 1 N–H and O–H groups in total. The van der Waals surface area contributed by atoms with Gasteiger partial charge in [-0.05, 0) is 44.9 Å². The number of hydrogen-bond acceptors (Lipinski definition) is 2. The van der Waals surface area contributed by atoms with Crippen LogP contribution in [-0.4, -0.2) is 21.6 Å². The van der Waals surface area contributed by atoms with E-state index in [1.807, 2.05) is 0 Å². The van der Waals surface area contributed by atoms with Gasteiger partial charge in [0.2, 0.25) is 0 Å². The first-order valence-corrected chi connectivity index (χ1v) is 10.4. The minimum Gasteiger partial charge on any atom is -0.481 e. The van der Waals surface area contributed by atoms with E-state index in [4.69, 9.17) is 5.11 Å². The van der Waals surface area contributed by atoms with E-state index in [-0.39, 0.29) is 0 Å². The largest absolute Gasteiger partial charge is 0.481 e. The van der Waals surface area contributed by atoms with Gasteiger partial charge in [0, 0.05) is 16.9 Å². The Hall–Kier alpha value is -0.700. The molecular weight excluding hydrogens is 304 g/mol. The van der Waals surface area contributed by atoms with Crippen LogP contribution >= 0.6 is 11.8 Å². The molecule has 0 amide bonds. The van der Waals surface area contributed by atoms with E-state index in [0.717, 1.165) is 36.2 Å². The van der Waals surface area contributed by atoms with Gasteiger partial charge in [-0.3, -0.25) is 4.79 Å². The second kappa shape index (κ2) is 13.7. The van der Waals surface area contributed by atoms with Gasteiger partial charge < -0.3 is 5.11 Å². The van der Waals surface area contributed by atoms with Crippen molar-refractivity contribution in [2.24, 2.45) is 0 Å². The topological polar surface area (TPSA) is 37.3 Å². The van der Waals surface area contributed by atoms with Crippen LogP contribution in [0.4, 0.5) is 0 Å². The summed E-state index contributed by atoms with van der Waals surface area (Å²) in [6, 6.07) is 0. The molecule has 2 unspecified atom stereocenters. The van der Waals surface area contributed by atoms with E-state index >= 15 is 0 Å². The number of aliphatic carboxylic acids is 1. The molecule has 1 aliphatic rings. The minimum atomic E-state index is -0.669. The fourth-order valence-corrected chi connectivity index (χ4v) is 3.72. The highest BCUT2D eigenvalue weighted by molar-refractivity contribution is 8.07. The van der Waals surface area contributed by atoms with E-state index in [9.17, 15) is 4.79 Å². The van der Waals surface area contributed by atoms with Crippen LogP contribution in [0.1, 0.15) is 84.0 Å². The van der Waals surface area contributed by atoms with Gasteiger partial charge in [-0.25, -0.2) is 0 Å². The Morgan fingerprint density at radius 2 is 1.43 bits per heavy atom. The average molecular weight is 339 g/mol. The molecule has 23 heavy (non-hydrogen) atoms. The molecule has 1 saturated heterocycles. The maximum Gasteiger partial charge on any atom is 0.303 e. The minimum absolute atomic E-state index is 0.323. The average Bonchev–Trinajstić information content (AvgIpc) is 3.27. The molecule has 0 aliphatic carbocycles. The molecular formula is C20H34O2S. The normalized spacial score (nSPS) is 20.6. The Balaban J connectivity index is 1.86. The second-order valence-electron chi connectivity index (χ2n) is 6.47. The standard InChI is InChI=1S/C20H34O2S/c1-2-3-4-5-9-12-15-18-19(23-18)16-13-10-7-6-8-11-14-17-20(21)22/h9-10,12-13,18-19H,2-8,11,14-17H2,1H3,(H,21,22)/b12-9-,13-10-. The smallest absolute Gasteiger partial charge is 0.303 e. The summed E-state index contributed by atoms with van der Waals surface area (Å²) in [4.78, 5) is 10.4. The van der Waals surface area contributed by atoms with Crippen molar-refractivity contribution in [2.45, 2.75) is 94.5 Å². The molecule has 2 atom stereocenters. The number of hydrogen-bond donors (Lipinski definition) is 1. The number of thioether (sulfide) groups is 1. The molecule has 0 aromatic heterocycles. The Bertz CT molecular complexity index is 363. The second-order valence-corrected chi connectivity index (χ2v) is 7.95. The van der Waals surface area contributed by atoms with Gasteiger partial charge >= 0.3 is 5.97 Å². The number of unbranched alkanes of at least 4 members (excludes halogenated alkanes) is 7. The van der Waals surface area contributed by atoms with Crippen molar-refractivity contribution in [3.05, 3.63) is 24.3 Å². The lowest BCUT2D eigenvalue weighted by molar-refractivity contribution is -0.137. The molecule has 0 saturated carbocycles. The van der Waals surface area contributed by atoms with Crippen LogP contribution in [0.25, 0.3) is 0 Å². The zero-order valence-corrected chi connectivity index (χ0v) is 15.5. The highest BCUT2D eigenvalue weighted by Gasteiger charge is 2.35. The highest BCUT2D eigenvalue weighted by atomic mass is 32.2. The monoisotopic (exact) mass is 338 g/mol. The third kappa shape index (κ3) is 12.4. The zero-order chi connectivity index (χ0) is 16.8. The summed E-state index contributed by atoms with van der Waals surface area (Å²) in [6.45, 7) is 2.25. The first kappa shape index (κ1) is 20.3. The van der Waals surface area contributed by atoms with Gasteiger partial charge in [0.25, 0.3) is 0 Å². The van der Waals surface area contributed by atoms with Crippen molar-refractivity contribution in [3.8, 4) is 0 Å². The Labute approximate surface area is 146 Å². The van der Waals surface area contributed by atoms with Crippen LogP contribution in [0.15, 0.2) is 24.3 Å². The summed E-state index contributed by atoms with van der Waals surface area (Å²) in [5, 5.41) is 10.3. The summed E-state index contributed by atoms with van der Waals surface area (Å²) in [6.07, 6.45) is 22.8. The molecule has 0 aromatic rings. The molecule has 0 bridgehead atoms. The molecule has 132 valence electrons. The van der Waals surface area contributed by atoms with Crippen molar-refractivity contribution >= 4 is 17.7 Å². The van der Waals surface area contributed by atoms with Gasteiger partial charge in [-0.2, -0.15) is 11.8 Å². The molecule has 0 radical (unpaired) electrons. The first-order valence-electron chi connectivity index (χ1n) is 9.41. The first-order chi connectivity index (χ1) is 11.2. The predicted octanol–water partition coefficient (Wildman–Crippen LogP) is 6.37. The molecule has 3 heteroatoms. The van der Waals surface area contributed by atoms with Crippen LogP contribution < -0.4 is 0 Å². The number of carbonyl (C=O) groups is 1. The van der Waals surface area contributed by atoms with Crippen molar-refractivity contribution in [2.75, 3.05) is 0 Å². The summed E-state index contributed by atoms with van der Waals surface area (Å²) in [5.41, 5.74) is 0. The molecule has 0 spiro atoms. The van der Waals surface area contributed by atoms with E-state index in [0.29, 0.717) is 6.42 Å². The van der Waals surface area contributed by atoms with E-state index in [1.165, 1.54) is 44.9 Å². The predicted molar refractivity (Wildman–Crippen MR) is 102 cm³/mol. The fourth-order valence-electron chi connectivity index (χ4n) is 2.69. The van der Waals surface area contributed by atoms with E-state index in [2.05, 4.69) is 43.0 Å². The van der Waals surface area contributed by atoms with Crippen molar-refractivity contribution in [1.29, 1.82) is 0 Å². The number of carboxylic acids is 1. The van der Waals surface area contributed by atoms with Crippen molar-refractivity contribution in [1.82, 2.24) is 0 Å². The van der Waals surface area contributed by atoms with Gasteiger partial charge in [-0.15, -0.1) is 0 Å². The summed E-state index contributed by atoms with van der Waals surface area (Å²) in [7, 11) is 0. The van der Waals surface area contributed by atoms with Crippen LogP contribution in [0, 0.1) is 0 Å². The third-order valence-electron chi connectivity index (χ3n) is 4.24. The SMILES string of the molecule is CCCCC/C=C\CC1SC1C/C=C\CCCCCCC(=O)O. The zero-order valence-electron chi connectivity index (χ0n) is 14.7. The number of carboxylic acid groups (broad SMARTS) is 1. The molecule has 0 aromatic carbocycles. The molecule has 1 rings (SSSR count). The molecule has 1 fully saturated rings. The van der Waals surface area contributed by atoms with Gasteiger partial charge in [0.05, 0.1) is 0 Å². The van der Waals surface area contributed by atoms with Crippen LogP contribution in [0.5, 0.6) is 0 Å². The fraction of sp³-hybridized carbons (Fsp3) is 0.750. The Morgan fingerprint density at radius 3 is 2.00 bits per heavy atom. The maximum atomic E-state index is 10.4. The summed E-state index contributed by atoms with van der Waals surface area (Å²) < 4.78 is 0. The summed E-state index contributed by atoms with van der Waals surface area (Å²) in [5.74, 6) is -0.669. The quantitative estimate of drug-likeness (QED) is 0.214. The van der Waals surface area contributed by atoms with E-state index in [1.54, 1.807) is 0 Å². The van der Waals surface area contributed by atoms with Crippen LogP contribution in [-0.2, 0) is 4.79 Å². The third-order valence-corrected chi connectivity index (χ3v) is 5.67. The molecule has 2 nitrogen and oxygen atoms in total. The van der Waals surface area contributed by atoms with Gasteiger partial charge in [0.1, 0.15) is 0 Å². The van der Waals surface area contributed by atoms with Crippen LogP contribution in [0.3, 0.4) is 0 Å². The molecule has 1 heterocycles. The van der Waals surface area contributed by atoms with Gasteiger partial charge in [0.15, 0.2) is 0 Å². The number of rotatable bonds is 15. The van der Waals surface area contributed by atoms with Crippen molar-refractivity contribution < 1.29 is 9.90 Å². The lowest BCUT2D eigenvalue weighted by Crippen LogP contribution is -1.93.